The van der Waals surface area contributed by atoms with Gasteiger partial charge in [-0.15, -0.1) is 11.8 Å². The van der Waals surface area contributed by atoms with E-state index in [4.69, 9.17) is 5.10 Å². The Kier molecular flexibility index (Phi) is 4.88. The lowest BCUT2D eigenvalue weighted by Gasteiger charge is -2.43. The summed E-state index contributed by atoms with van der Waals surface area (Å²) in [5, 5.41) is 7.20. The molecule has 0 saturated carbocycles. The fourth-order valence-corrected chi connectivity index (χ4v) is 6.30. The molecule has 1 spiro atoms. The predicted molar refractivity (Wildman–Crippen MR) is 135 cm³/mol. The second-order valence-electron chi connectivity index (χ2n) is 8.38. The summed E-state index contributed by atoms with van der Waals surface area (Å²) in [6.07, 6.45) is 0. The van der Waals surface area contributed by atoms with Gasteiger partial charge in [0.2, 0.25) is 0 Å². The second kappa shape index (κ2) is 8.05. The van der Waals surface area contributed by atoms with E-state index in [9.17, 15) is 4.79 Å². The molecule has 0 fully saturated rings. The van der Waals surface area contributed by atoms with Crippen LogP contribution in [0.5, 0.6) is 0 Å². The lowest BCUT2D eigenvalue weighted by Crippen LogP contribution is -2.58. The zero-order valence-corrected chi connectivity index (χ0v) is 18.8. The zero-order chi connectivity index (χ0) is 22.3. The smallest absolute Gasteiger partial charge is 0.193 e. The van der Waals surface area contributed by atoms with E-state index in [1.807, 2.05) is 96.0 Å². The van der Waals surface area contributed by atoms with Gasteiger partial charge in [0.05, 0.1) is 17.3 Å². The lowest BCUT2D eigenvalue weighted by atomic mass is 9.72. The van der Waals surface area contributed by atoms with Crippen LogP contribution >= 0.6 is 11.8 Å². The van der Waals surface area contributed by atoms with E-state index >= 15 is 0 Å². The highest BCUT2D eigenvalue weighted by atomic mass is 32.2. The molecular weight excluding hydrogens is 424 g/mol. The van der Waals surface area contributed by atoms with Gasteiger partial charge in [-0.1, -0.05) is 97.1 Å². The summed E-state index contributed by atoms with van der Waals surface area (Å²) in [5.41, 5.74) is 3.93. The van der Waals surface area contributed by atoms with Crippen LogP contribution < -0.4 is 5.01 Å². The minimum absolute atomic E-state index is 0.129. The van der Waals surface area contributed by atoms with E-state index in [2.05, 4.69) is 24.3 Å². The minimum atomic E-state index is -0.854. The van der Waals surface area contributed by atoms with Crippen molar-refractivity contribution in [1.82, 2.24) is 0 Å². The van der Waals surface area contributed by atoms with Crippen LogP contribution in [0.2, 0.25) is 0 Å². The van der Waals surface area contributed by atoms with Crippen molar-refractivity contribution < 1.29 is 4.79 Å². The molecule has 3 nitrogen and oxygen atoms in total. The van der Waals surface area contributed by atoms with Crippen molar-refractivity contribution in [1.29, 1.82) is 0 Å². The summed E-state index contributed by atoms with van der Waals surface area (Å²) in [5.74, 6) is 0.552. The van der Waals surface area contributed by atoms with Gasteiger partial charge in [-0.3, -0.25) is 4.79 Å². The van der Waals surface area contributed by atoms with Gasteiger partial charge in [-0.25, -0.2) is 5.01 Å². The largest absolute Gasteiger partial charge is 0.291 e. The molecule has 2 unspecified atom stereocenters. The van der Waals surface area contributed by atoms with Crippen LogP contribution in [0.1, 0.15) is 27.4 Å². The highest BCUT2D eigenvalue weighted by Crippen LogP contribution is 2.51. The van der Waals surface area contributed by atoms with Gasteiger partial charge in [-0.2, -0.15) is 5.10 Å². The van der Waals surface area contributed by atoms with E-state index in [0.717, 1.165) is 33.0 Å². The van der Waals surface area contributed by atoms with Crippen molar-refractivity contribution in [2.24, 2.45) is 5.10 Å². The normalized spacial score (nSPS) is 21.7. The molecule has 4 heteroatoms. The minimum Gasteiger partial charge on any atom is -0.291 e. The first-order chi connectivity index (χ1) is 16.3. The molecule has 4 aromatic rings. The van der Waals surface area contributed by atoms with Crippen LogP contribution in [0.25, 0.3) is 0 Å². The maximum Gasteiger partial charge on any atom is 0.193 e. The third kappa shape index (κ3) is 3.13. The second-order valence-corrected chi connectivity index (χ2v) is 9.40. The summed E-state index contributed by atoms with van der Waals surface area (Å²) in [7, 11) is 0. The average Bonchev–Trinajstić information content (AvgIpc) is 3.24. The standard InChI is InChI=1S/C29H22N2OS/c32-28-24-18-10-11-19-25(24)33-20-29(28)26(21-12-4-1-5-13-21)27(22-14-6-2-7-15-22)30-31(29)23-16-8-3-9-17-23/h1-19,26H,20H2. The number of hydrogen-bond donors (Lipinski definition) is 0. The Bertz CT molecular complexity index is 1340. The van der Waals surface area contributed by atoms with Crippen LogP contribution in [0.15, 0.2) is 125 Å². The van der Waals surface area contributed by atoms with Crippen molar-refractivity contribution in [3.8, 4) is 0 Å². The Balaban J connectivity index is 1.63. The fourth-order valence-electron chi connectivity index (χ4n) is 5.01. The molecule has 0 aliphatic carbocycles. The Labute approximate surface area is 197 Å². The van der Waals surface area contributed by atoms with Gasteiger partial charge in [0.15, 0.2) is 5.78 Å². The predicted octanol–water partition coefficient (Wildman–Crippen LogP) is 6.42. The molecule has 0 saturated heterocycles. The average molecular weight is 447 g/mol. The molecule has 2 atom stereocenters. The van der Waals surface area contributed by atoms with Gasteiger partial charge in [0, 0.05) is 16.2 Å². The topological polar surface area (TPSA) is 32.7 Å². The van der Waals surface area contributed by atoms with Crippen molar-refractivity contribution in [2.45, 2.75) is 16.4 Å². The highest BCUT2D eigenvalue weighted by molar-refractivity contribution is 7.99. The van der Waals surface area contributed by atoms with Gasteiger partial charge < -0.3 is 0 Å². The van der Waals surface area contributed by atoms with Gasteiger partial charge in [0.25, 0.3) is 0 Å². The maximum atomic E-state index is 14.5. The van der Waals surface area contributed by atoms with Gasteiger partial charge in [-0.05, 0) is 29.3 Å². The molecule has 160 valence electrons. The Hall–Kier alpha value is -3.63. The van der Waals surface area contributed by atoms with Crippen molar-refractivity contribution in [3.63, 3.8) is 0 Å². The number of carbonyl (C=O) groups excluding carboxylic acids is 1. The third-order valence-corrected chi connectivity index (χ3v) is 7.76. The molecule has 4 aromatic carbocycles. The van der Waals surface area contributed by atoms with Crippen molar-refractivity contribution in [3.05, 3.63) is 132 Å². The number of para-hydroxylation sites is 1. The number of anilines is 1. The van der Waals surface area contributed by atoms with Crippen LogP contribution in [0.4, 0.5) is 5.69 Å². The van der Waals surface area contributed by atoms with E-state index in [1.165, 1.54) is 0 Å². The lowest BCUT2D eigenvalue weighted by molar-refractivity contribution is 0.0890. The van der Waals surface area contributed by atoms with Crippen LogP contribution in [-0.4, -0.2) is 22.8 Å². The first-order valence-corrected chi connectivity index (χ1v) is 12.1. The monoisotopic (exact) mass is 446 g/mol. The molecule has 6 rings (SSSR count). The molecule has 2 aliphatic heterocycles. The van der Waals surface area contributed by atoms with E-state index in [1.54, 1.807) is 11.8 Å². The summed E-state index contributed by atoms with van der Waals surface area (Å²) in [6.45, 7) is 0. The van der Waals surface area contributed by atoms with Crippen molar-refractivity contribution in [2.75, 3.05) is 10.8 Å². The highest BCUT2D eigenvalue weighted by Gasteiger charge is 2.59. The number of hydrogen-bond acceptors (Lipinski definition) is 4. The Morgan fingerprint density at radius 1 is 0.758 bits per heavy atom. The third-order valence-electron chi connectivity index (χ3n) is 6.51. The molecule has 0 N–H and O–H groups in total. The molecule has 0 bridgehead atoms. The van der Waals surface area contributed by atoms with Gasteiger partial charge in [0.1, 0.15) is 5.54 Å². The number of ketones is 1. The molecule has 2 heterocycles. The number of fused-ring (bicyclic) bond motifs is 1. The summed E-state index contributed by atoms with van der Waals surface area (Å²) in [4.78, 5) is 15.5. The molecule has 2 aliphatic rings. The number of carbonyl (C=O) groups is 1. The zero-order valence-electron chi connectivity index (χ0n) is 18.0. The summed E-state index contributed by atoms with van der Waals surface area (Å²) >= 11 is 1.75. The SMILES string of the molecule is O=C1c2ccccc2SCC12C(c1ccccc1)C(c1ccccc1)=NN2c1ccccc1. The number of benzene rings is 4. The summed E-state index contributed by atoms with van der Waals surface area (Å²) in [6, 6.07) is 38.7. The van der Waals surface area contributed by atoms with Crippen molar-refractivity contribution >= 4 is 28.9 Å². The first kappa shape index (κ1) is 20.0. The number of nitrogens with zero attached hydrogens (tertiary/aromatic N) is 2. The maximum absolute atomic E-state index is 14.5. The van der Waals surface area contributed by atoms with E-state index in [0.29, 0.717) is 5.75 Å². The number of rotatable bonds is 3. The van der Waals surface area contributed by atoms with Crippen LogP contribution in [-0.2, 0) is 0 Å². The summed E-state index contributed by atoms with van der Waals surface area (Å²) < 4.78 is 0. The molecular formula is C29H22N2OS. The first-order valence-electron chi connectivity index (χ1n) is 11.1. The number of Topliss-reactive ketones (excluding diaryl/α,β-unsaturated/α-hetero) is 1. The number of thioether (sulfide) groups is 1. The Morgan fingerprint density at radius 2 is 1.36 bits per heavy atom. The van der Waals surface area contributed by atoms with E-state index in [-0.39, 0.29) is 11.7 Å². The molecule has 33 heavy (non-hydrogen) atoms. The number of hydrazone groups is 1. The molecule has 0 aromatic heterocycles. The molecule has 0 radical (unpaired) electrons. The van der Waals surface area contributed by atoms with Crippen LogP contribution in [0.3, 0.4) is 0 Å². The Morgan fingerprint density at radius 3 is 2.09 bits per heavy atom. The van der Waals surface area contributed by atoms with Crippen LogP contribution in [0, 0.1) is 0 Å². The molecule has 0 amide bonds. The fraction of sp³-hybridized carbons (Fsp3) is 0.103. The van der Waals surface area contributed by atoms with Gasteiger partial charge >= 0.3 is 0 Å². The quantitative estimate of drug-likeness (QED) is 0.364. The van der Waals surface area contributed by atoms with E-state index < -0.39 is 5.54 Å².